The normalized spacial score (nSPS) is 33.5. The fourth-order valence-corrected chi connectivity index (χ4v) is 3.31. The highest BCUT2D eigenvalue weighted by molar-refractivity contribution is 5.03. The molecule has 3 rings (SSSR count). The van der Waals surface area contributed by atoms with E-state index in [4.69, 9.17) is 4.52 Å². The lowest BCUT2D eigenvalue weighted by Gasteiger charge is -2.24. The van der Waals surface area contributed by atoms with E-state index in [0.29, 0.717) is 5.89 Å². The van der Waals surface area contributed by atoms with Gasteiger partial charge in [0, 0.05) is 6.54 Å². The molecule has 6 heteroatoms. The molecule has 3 atom stereocenters. The number of aliphatic hydroxyl groups is 1. The number of rotatable bonds is 2. The molecule has 1 aliphatic carbocycles. The van der Waals surface area contributed by atoms with Crippen LogP contribution in [0.25, 0.3) is 0 Å². The van der Waals surface area contributed by atoms with Gasteiger partial charge in [0.05, 0.1) is 18.1 Å². The van der Waals surface area contributed by atoms with E-state index in [2.05, 4.69) is 34.0 Å². The molecule has 2 heterocycles. The largest absolute Gasteiger partial charge is 0.392 e. The first kappa shape index (κ1) is 14.0. The topological polar surface area (TPSA) is 65.6 Å². The zero-order chi connectivity index (χ0) is 14.1. The first-order valence-electron chi connectivity index (χ1n) is 7.55. The summed E-state index contributed by atoms with van der Waals surface area (Å²) in [5, 5.41) is 14.1. The van der Waals surface area contributed by atoms with Crippen LogP contribution in [-0.2, 0) is 0 Å². The maximum absolute atomic E-state index is 9.95. The summed E-state index contributed by atoms with van der Waals surface area (Å²) in [5.41, 5.74) is 0. The average molecular weight is 280 g/mol. The molecule has 3 unspecified atom stereocenters. The summed E-state index contributed by atoms with van der Waals surface area (Å²) in [6.07, 6.45) is 3.67. The molecule has 2 fully saturated rings. The lowest BCUT2D eigenvalue weighted by atomic mass is 10.1. The van der Waals surface area contributed by atoms with Gasteiger partial charge in [0.2, 0.25) is 5.89 Å². The molecule has 1 aromatic heterocycles. The summed E-state index contributed by atoms with van der Waals surface area (Å²) in [7, 11) is 4.25. The van der Waals surface area contributed by atoms with Crippen LogP contribution in [0.5, 0.6) is 0 Å². The molecule has 1 saturated heterocycles. The van der Waals surface area contributed by atoms with Crippen LogP contribution in [0.2, 0.25) is 0 Å². The van der Waals surface area contributed by atoms with E-state index in [1.807, 2.05) is 0 Å². The molecule has 2 aliphatic rings. The Morgan fingerprint density at radius 3 is 2.80 bits per heavy atom. The molecule has 1 aromatic rings. The number of nitrogens with zero attached hydrogens (tertiary/aromatic N) is 4. The smallest absolute Gasteiger partial charge is 0.232 e. The van der Waals surface area contributed by atoms with Gasteiger partial charge in [-0.05, 0) is 52.9 Å². The van der Waals surface area contributed by atoms with Gasteiger partial charge in [0.1, 0.15) is 0 Å². The Bertz CT molecular complexity index is 450. The van der Waals surface area contributed by atoms with Crippen LogP contribution in [0.4, 0.5) is 0 Å². The second-order valence-corrected chi connectivity index (χ2v) is 6.21. The summed E-state index contributed by atoms with van der Waals surface area (Å²) in [6.45, 7) is 3.07. The molecule has 0 amide bonds. The third-order valence-electron chi connectivity index (χ3n) is 4.62. The molecule has 1 saturated carbocycles. The molecule has 20 heavy (non-hydrogen) atoms. The van der Waals surface area contributed by atoms with Crippen molar-refractivity contribution in [3.63, 3.8) is 0 Å². The average Bonchev–Trinajstić information content (AvgIpc) is 3.00. The maximum Gasteiger partial charge on any atom is 0.232 e. The van der Waals surface area contributed by atoms with Crippen LogP contribution < -0.4 is 0 Å². The van der Waals surface area contributed by atoms with E-state index >= 15 is 0 Å². The van der Waals surface area contributed by atoms with Gasteiger partial charge >= 0.3 is 0 Å². The highest BCUT2D eigenvalue weighted by Gasteiger charge is 2.33. The fourth-order valence-electron chi connectivity index (χ4n) is 3.31. The van der Waals surface area contributed by atoms with Crippen molar-refractivity contribution >= 4 is 0 Å². The molecule has 1 N–H and O–H groups in total. The Labute approximate surface area is 119 Å². The summed E-state index contributed by atoms with van der Waals surface area (Å²) in [4.78, 5) is 9.20. The van der Waals surface area contributed by atoms with Gasteiger partial charge in [-0.25, -0.2) is 0 Å². The number of likely N-dealkylation sites (N-methyl/N-ethyl adjacent to an activating group) is 2. The number of hydrogen-bond acceptors (Lipinski definition) is 6. The molecular formula is C14H24N4O2. The van der Waals surface area contributed by atoms with Crippen LogP contribution >= 0.6 is 0 Å². The van der Waals surface area contributed by atoms with Gasteiger partial charge in [-0.1, -0.05) is 5.16 Å². The molecule has 1 aliphatic heterocycles. The molecule has 0 spiro atoms. The van der Waals surface area contributed by atoms with E-state index in [-0.39, 0.29) is 18.1 Å². The number of hydrogen-bond donors (Lipinski definition) is 1. The first-order valence-corrected chi connectivity index (χ1v) is 7.55. The summed E-state index contributed by atoms with van der Waals surface area (Å²) in [6, 6.07) is 0.179. The predicted molar refractivity (Wildman–Crippen MR) is 74.4 cm³/mol. The van der Waals surface area contributed by atoms with Crippen molar-refractivity contribution in [2.45, 2.75) is 43.7 Å². The van der Waals surface area contributed by atoms with E-state index in [0.717, 1.165) is 51.1 Å². The Balaban J connectivity index is 1.77. The Kier molecular flexibility index (Phi) is 4.05. The summed E-state index contributed by atoms with van der Waals surface area (Å²) < 4.78 is 5.43. The van der Waals surface area contributed by atoms with Crippen LogP contribution in [-0.4, -0.2) is 64.9 Å². The monoisotopic (exact) mass is 280 g/mol. The van der Waals surface area contributed by atoms with Crippen molar-refractivity contribution in [3.05, 3.63) is 11.7 Å². The van der Waals surface area contributed by atoms with E-state index in [1.54, 1.807) is 0 Å². The lowest BCUT2D eigenvalue weighted by Crippen LogP contribution is -2.31. The SMILES string of the molecule is CN1CCCN(C)C(c2noc(C3CCCC3O)n2)C1. The maximum atomic E-state index is 9.95. The van der Waals surface area contributed by atoms with Gasteiger partial charge in [-0.15, -0.1) is 0 Å². The van der Waals surface area contributed by atoms with Crippen LogP contribution in [0.1, 0.15) is 49.4 Å². The van der Waals surface area contributed by atoms with Crippen LogP contribution in [0, 0.1) is 0 Å². The van der Waals surface area contributed by atoms with Gasteiger partial charge < -0.3 is 14.5 Å². The zero-order valence-electron chi connectivity index (χ0n) is 12.3. The molecular weight excluding hydrogens is 256 g/mol. The lowest BCUT2D eigenvalue weighted by molar-refractivity contribution is 0.147. The quantitative estimate of drug-likeness (QED) is 0.872. The van der Waals surface area contributed by atoms with Crippen molar-refractivity contribution in [3.8, 4) is 0 Å². The van der Waals surface area contributed by atoms with Crippen molar-refractivity contribution in [1.82, 2.24) is 19.9 Å². The summed E-state index contributed by atoms with van der Waals surface area (Å²) in [5.74, 6) is 1.41. The van der Waals surface area contributed by atoms with Crippen molar-refractivity contribution < 1.29 is 9.63 Å². The Hall–Kier alpha value is -0.980. The standard InChI is InChI=1S/C14H24N4O2/c1-17-7-4-8-18(2)11(9-17)13-15-14(20-16-13)10-5-3-6-12(10)19/h10-12,19H,3-9H2,1-2H3. The van der Waals surface area contributed by atoms with Gasteiger partial charge in [-0.3, -0.25) is 4.90 Å². The molecule has 0 aromatic carbocycles. The molecule has 0 radical (unpaired) electrons. The molecule has 0 bridgehead atoms. The van der Waals surface area contributed by atoms with Gasteiger partial charge in [0.15, 0.2) is 5.82 Å². The minimum atomic E-state index is -0.321. The predicted octanol–water partition coefficient (Wildman–Crippen LogP) is 1.01. The minimum Gasteiger partial charge on any atom is -0.392 e. The number of aliphatic hydroxyl groups excluding tert-OH is 1. The Morgan fingerprint density at radius 2 is 2.05 bits per heavy atom. The zero-order valence-corrected chi connectivity index (χ0v) is 12.3. The van der Waals surface area contributed by atoms with Gasteiger partial charge in [-0.2, -0.15) is 4.98 Å². The third kappa shape index (κ3) is 2.73. The van der Waals surface area contributed by atoms with Crippen LogP contribution in [0.15, 0.2) is 4.52 Å². The molecule has 6 nitrogen and oxygen atoms in total. The van der Waals surface area contributed by atoms with Crippen molar-refractivity contribution in [2.24, 2.45) is 0 Å². The van der Waals surface area contributed by atoms with E-state index < -0.39 is 0 Å². The highest BCUT2D eigenvalue weighted by Crippen LogP contribution is 2.34. The van der Waals surface area contributed by atoms with E-state index in [1.165, 1.54) is 0 Å². The molecule has 112 valence electrons. The van der Waals surface area contributed by atoms with E-state index in [9.17, 15) is 5.11 Å². The second-order valence-electron chi connectivity index (χ2n) is 6.21. The Morgan fingerprint density at radius 1 is 1.20 bits per heavy atom. The third-order valence-corrected chi connectivity index (χ3v) is 4.62. The minimum absolute atomic E-state index is 0.0325. The van der Waals surface area contributed by atoms with Crippen LogP contribution in [0.3, 0.4) is 0 Å². The fraction of sp³-hybridized carbons (Fsp3) is 0.857. The van der Waals surface area contributed by atoms with Gasteiger partial charge in [0.25, 0.3) is 0 Å². The first-order chi connectivity index (χ1) is 9.65. The van der Waals surface area contributed by atoms with Crippen molar-refractivity contribution in [2.75, 3.05) is 33.7 Å². The summed E-state index contributed by atoms with van der Waals surface area (Å²) >= 11 is 0. The highest BCUT2D eigenvalue weighted by atomic mass is 16.5. The van der Waals surface area contributed by atoms with Crippen molar-refractivity contribution in [1.29, 1.82) is 0 Å². The second kappa shape index (κ2) is 5.79. The number of aromatic nitrogens is 2.